The zero-order chi connectivity index (χ0) is 23.8. The number of nitrogens with zero attached hydrogens (tertiary/aromatic N) is 1. The van der Waals surface area contributed by atoms with Gasteiger partial charge in [0.25, 0.3) is 5.91 Å². The van der Waals surface area contributed by atoms with Gasteiger partial charge in [-0.3, -0.25) is 4.79 Å². The molecule has 1 aliphatic carbocycles. The standard InChI is InChI=1S/C29H32ClN3O.ClH/c1-3-4-9-22-25(20-11-7-12-24(30)18(20)2)26-21-10-6-5-8-19(21)17-23(26)28(27(22)29(31)34)33-15-13-32-14-16-33;/h5-8,10-12,32H,3-4,9,13-17H2,1-2H3,(H2,31,34);1H. The second kappa shape index (κ2) is 10.6. The molecule has 3 aromatic rings. The number of primary amides is 1. The predicted molar refractivity (Wildman–Crippen MR) is 149 cm³/mol. The monoisotopic (exact) mass is 509 g/mol. The lowest BCUT2D eigenvalue weighted by molar-refractivity contribution is 0.0999. The molecule has 0 bridgehead atoms. The Labute approximate surface area is 219 Å². The van der Waals surface area contributed by atoms with Crippen molar-refractivity contribution in [2.45, 2.75) is 39.5 Å². The van der Waals surface area contributed by atoms with Crippen LogP contribution < -0.4 is 16.0 Å². The van der Waals surface area contributed by atoms with Gasteiger partial charge >= 0.3 is 0 Å². The summed E-state index contributed by atoms with van der Waals surface area (Å²) in [5, 5.41) is 4.19. The Kier molecular flexibility index (Phi) is 7.75. The minimum absolute atomic E-state index is 0. The first-order valence-electron chi connectivity index (χ1n) is 12.3. The van der Waals surface area contributed by atoms with Gasteiger partial charge in [0, 0.05) is 37.6 Å². The molecule has 0 atom stereocenters. The normalized spacial score (nSPS) is 14.3. The maximum atomic E-state index is 13.2. The number of nitrogens with one attached hydrogen (secondary N) is 1. The van der Waals surface area contributed by atoms with Gasteiger partial charge in [-0.25, -0.2) is 0 Å². The molecule has 3 aromatic carbocycles. The summed E-state index contributed by atoms with van der Waals surface area (Å²) < 4.78 is 0. The van der Waals surface area contributed by atoms with E-state index in [2.05, 4.69) is 54.4 Å². The number of nitrogens with two attached hydrogens (primary N) is 1. The highest BCUT2D eigenvalue weighted by Crippen LogP contribution is 2.52. The lowest BCUT2D eigenvalue weighted by atomic mass is 9.81. The van der Waals surface area contributed by atoms with Crippen molar-refractivity contribution in [2.75, 3.05) is 31.1 Å². The molecule has 184 valence electrons. The molecule has 0 aromatic heterocycles. The lowest BCUT2D eigenvalue weighted by Crippen LogP contribution is -2.45. The van der Waals surface area contributed by atoms with Crippen LogP contribution in [0.5, 0.6) is 0 Å². The molecule has 5 rings (SSSR count). The van der Waals surface area contributed by atoms with Crippen LogP contribution in [-0.2, 0) is 12.8 Å². The van der Waals surface area contributed by atoms with Crippen LogP contribution in [0, 0.1) is 6.92 Å². The summed E-state index contributed by atoms with van der Waals surface area (Å²) in [5.41, 5.74) is 17.4. The Morgan fingerprint density at radius 2 is 1.77 bits per heavy atom. The summed E-state index contributed by atoms with van der Waals surface area (Å²) in [6.45, 7) is 7.80. The summed E-state index contributed by atoms with van der Waals surface area (Å²) in [7, 11) is 0. The fraction of sp³-hybridized carbons (Fsp3) is 0.345. The van der Waals surface area contributed by atoms with Crippen molar-refractivity contribution < 1.29 is 4.79 Å². The Morgan fingerprint density at radius 1 is 1.06 bits per heavy atom. The van der Waals surface area contributed by atoms with Gasteiger partial charge in [-0.05, 0) is 70.3 Å². The van der Waals surface area contributed by atoms with E-state index in [4.69, 9.17) is 17.3 Å². The van der Waals surface area contributed by atoms with E-state index in [-0.39, 0.29) is 18.3 Å². The predicted octanol–water partition coefficient (Wildman–Crippen LogP) is 6.16. The Balaban J connectivity index is 0.00000289. The number of piperazine rings is 1. The number of fused-ring (bicyclic) bond motifs is 3. The molecule has 0 radical (unpaired) electrons. The minimum atomic E-state index is -0.334. The van der Waals surface area contributed by atoms with Crippen molar-refractivity contribution in [1.29, 1.82) is 0 Å². The van der Waals surface area contributed by atoms with Gasteiger partial charge in [0.2, 0.25) is 0 Å². The fourth-order valence-electron chi connectivity index (χ4n) is 5.70. The molecule has 35 heavy (non-hydrogen) atoms. The number of carbonyl (C=O) groups is 1. The molecule has 0 unspecified atom stereocenters. The van der Waals surface area contributed by atoms with E-state index >= 15 is 0 Å². The smallest absolute Gasteiger partial charge is 0.251 e. The number of carbonyl (C=O) groups excluding carboxylic acids is 1. The van der Waals surface area contributed by atoms with E-state index in [0.717, 1.165) is 84.8 Å². The first kappa shape index (κ1) is 25.6. The molecular weight excluding hydrogens is 477 g/mol. The number of anilines is 1. The number of amides is 1. The van der Waals surface area contributed by atoms with Crippen LogP contribution in [0.2, 0.25) is 5.02 Å². The topological polar surface area (TPSA) is 58.4 Å². The summed E-state index contributed by atoms with van der Waals surface area (Å²) in [4.78, 5) is 15.6. The molecule has 1 fully saturated rings. The fourth-order valence-corrected chi connectivity index (χ4v) is 5.87. The van der Waals surface area contributed by atoms with E-state index in [1.807, 2.05) is 12.1 Å². The summed E-state index contributed by atoms with van der Waals surface area (Å²) >= 11 is 6.62. The van der Waals surface area contributed by atoms with Crippen LogP contribution in [0.3, 0.4) is 0 Å². The van der Waals surface area contributed by atoms with Gasteiger partial charge < -0.3 is 16.0 Å². The van der Waals surface area contributed by atoms with Crippen LogP contribution in [0.25, 0.3) is 22.3 Å². The molecule has 1 aliphatic heterocycles. The highest BCUT2D eigenvalue weighted by Gasteiger charge is 2.34. The average molecular weight is 511 g/mol. The minimum Gasteiger partial charge on any atom is -0.368 e. The third-order valence-electron chi connectivity index (χ3n) is 7.33. The molecule has 0 saturated carbocycles. The Bertz CT molecular complexity index is 1270. The van der Waals surface area contributed by atoms with Crippen LogP contribution >= 0.6 is 24.0 Å². The van der Waals surface area contributed by atoms with Gasteiger partial charge in [0.05, 0.1) is 11.3 Å². The zero-order valence-corrected chi connectivity index (χ0v) is 22.0. The summed E-state index contributed by atoms with van der Waals surface area (Å²) in [6, 6.07) is 14.7. The molecule has 0 spiro atoms. The zero-order valence-electron chi connectivity index (χ0n) is 20.4. The van der Waals surface area contributed by atoms with Crippen LogP contribution in [0.1, 0.15) is 52.4 Å². The number of unbranched alkanes of at least 4 members (excludes halogenated alkanes) is 1. The Morgan fingerprint density at radius 3 is 2.49 bits per heavy atom. The first-order chi connectivity index (χ1) is 16.5. The van der Waals surface area contributed by atoms with Crippen LogP contribution in [-0.4, -0.2) is 32.1 Å². The van der Waals surface area contributed by atoms with Crippen LogP contribution in [0.4, 0.5) is 5.69 Å². The lowest BCUT2D eigenvalue weighted by Gasteiger charge is -2.34. The van der Waals surface area contributed by atoms with Crippen molar-refractivity contribution >= 4 is 35.6 Å². The van der Waals surface area contributed by atoms with Crippen molar-refractivity contribution in [3.8, 4) is 22.3 Å². The number of rotatable bonds is 6. The largest absolute Gasteiger partial charge is 0.368 e. The second-order valence-corrected chi connectivity index (χ2v) is 9.79. The van der Waals surface area contributed by atoms with Crippen molar-refractivity contribution in [2.24, 2.45) is 5.73 Å². The highest BCUT2D eigenvalue weighted by molar-refractivity contribution is 6.31. The molecule has 1 amide bonds. The highest BCUT2D eigenvalue weighted by atomic mass is 35.5. The molecule has 3 N–H and O–H groups in total. The van der Waals surface area contributed by atoms with Gasteiger partial charge in [0.15, 0.2) is 0 Å². The van der Waals surface area contributed by atoms with Gasteiger partial charge in [0.1, 0.15) is 0 Å². The Hall–Kier alpha value is -2.53. The molecule has 6 heteroatoms. The van der Waals surface area contributed by atoms with Crippen molar-refractivity contribution in [3.63, 3.8) is 0 Å². The molecular formula is C29H33Cl2N3O. The number of hydrogen-bond acceptors (Lipinski definition) is 3. The number of benzene rings is 3. The third kappa shape index (κ3) is 4.44. The van der Waals surface area contributed by atoms with Gasteiger partial charge in [-0.2, -0.15) is 0 Å². The van der Waals surface area contributed by atoms with Gasteiger partial charge in [-0.1, -0.05) is 61.3 Å². The van der Waals surface area contributed by atoms with E-state index in [9.17, 15) is 4.79 Å². The second-order valence-electron chi connectivity index (χ2n) is 9.38. The maximum Gasteiger partial charge on any atom is 0.251 e. The van der Waals surface area contributed by atoms with E-state index in [1.54, 1.807) is 0 Å². The van der Waals surface area contributed by atoms with Crippen molar-refractivity contribution in [3.05, 3.63) is 75.3 Å². The number of halogens is 2. The SMILES string of the molecule is CCCCc1c(C(N)=O)c(N2CCNCC2)c2c(c1-c1cccc(Cl)c1C)-c1ccccc1C2.Cl. The summed E-state index contributed by atoms with van der Waals surface area (Å²) in [6.07, 6.45) is 3.66. The van der Waals surface area contributed by atoms with E-state index in [1.165, 1.54) is 22.3 Å². The molecule has 4 nitrogen and oxygen atoms in total. The van der Waals surface area contributed by atoms with Crippen LogP contribution in [0.15, 0.2) is 42.5 Å². The van der Waals surface area contributed by atoms with Crippen molar-refractivity contribution in [1.82, 2.24) is 5.32 Å². The average Bonchev–Trinajstić information content (AvgIpc) is 3.23. The van der Waals surface area contributed by atoms with E-state index < -0.39 is 0 Å². The van der Waals surface area contributed by atoms with E-state index in [0.29, 0.717) is 5.56 Å². The quantitative estimate of drug-likeness (QED) is 0.327. The van der Waals surface area contributed by atoms with Gasteiger partial charge in [-0.15, -0.1) is 12.4 Å². The third-order valence-corrected chi connectivity index (χ3v) is 7.74. The molecule has 2 aliphatic rings. The molecule has 1 heterocycles. The summed E-state index contributed by atoms with van der Waals surface area (Å²) in [5.74, 6) is -0.334. The first-order valence-corrected chi connectivity index (χ1v) is 12.7. The molecule has 1 saturated heterocycles. The maximum absolute atomic E-state index is 13.2. The number of hydrogen-bond donors (Lipinski definition) is 2.